The molecular formula is C36H63IN2O3. The largest absolute Gasteiger partial charge is 1.00 e. The van der Waals surface area contributed by atoms with Crippen LogP contribution in [0, 0.1) is 46.3 Å². The Kier molecular flexibility index (Phi) is 12.5. The zero-order valence-corrected chi connectivity index (χ0v) is 30.4. The molecule has 0 radical (unpaired) electrons. The van der Waals surface area contributed by atoms with Gasteiger partial charge < -0.3 is 38.5 Å². The van der Waals surface area contributed by atoms with Crippen molar-refractivity contribution < 1.29 is 42.8 Å². The monoisotopic (exact) mass is 698 g/mol. The van der Waals surface area contributed by atoms with Gasteiger partial charge >= 0.3 is 5.97 Å². The molecular weight excluding hydrogens is 635 g/mol. The fourth-order valence-corrected chi connectivity index (χ4v) is 9.83. The molecule has 0 heterocycles. The first-order valence-corrected chi connectivity index (χ1v) is 17.2. The topological polar surface area (TPSA) is 55.4 Å². The van der Waals surface area contributed by atoms with Gasteiger partial charge in [0.25, 0.3) is 0 Å². The number of likely N-dealkylation sites (N-methyl/N-ethyl adjacent to an activating group) is 1. The van der Waals surface area contributed by atoms with Crippen LogP contribution in [0.1, 0.15) is 118 Å². The molecule has 5 nitrogen and oxygen atoms in total. The quantitative estimate of drug-likeness (QED) is 0.141. The van der Waals surface area contributed by atoms with Gasteiger partial charge in [-0.05, 0) is 91.3 Å². The fraction of sp³-hybridized carbons (Fsp3) is 0.889. The number of esters is 1. The number of fused-ring (bicyclic) bond motifs is 5. The molecule has 242 valence electrons. The van der Waals surface area contributed by atoms with Crippen molar-refractivity contribution in [2.45, 2.75) is 124 Å². The minimum Gasteiger partial charge on any atom is -1.00 e. The van der Waals surface area contributed by atoms with E-state index in [2.05, 4.69) is 67.2 Å². The highest BCUT2D eigenvalue weighted by atomic mass is 127. The minimum absolute atomic E-state index is 0. The lowest BCUT2D eigenvalue weighted by molar-refractivity contribution is -0.869. The van der Waals surface area contributed by atoms with Crippen molar-refractivity contribution in [3.05, 3.63) is 11.6 Å². The number of nitrogens with one attached hydrogen (secondary N) is 1. The number of quaternary nitrogens is 1. The third-order valence-corrected chi connectivity index (χ3v) is 12.2. The molecule has 0 aromatic heterocycles. The van der Waals surface area contributed by atoms with Crippen molar-refractivity contribution in [2.75, 3.05) is 34.2 Å². The number of nitrogens with zero attached hydrogens (tertiary/aromatic N) is 1. The van der Waals surface area contributed by atoms with E-state index in [4.69, 9.17) is 4.74 Å². The predicted octanol–water partition coefficient (Wildman–Crippen LogP) is 4.55. The molecule has 1 amide bonds. The molecule has 4 aliphatic rings. The molecule has 4 rings (SSSR count). The zero-order chi connectivity index (χ0) is 30.0. The zero-order valence-electron chi connectivity index (χ0n) is 28.3. The molecule has 3 fully saturated rings. The van der Waals surface area contributed by atoms with Crippen LogP contribution in [0.3, 0.4) is 0 Å². The van der Waals surface area contributed by atoms with Gasteiger partial charge in [0.05, 0.1) is 40.7 Å². The van der Waals surface area contributed by atoms with E-state index in [1.165, 1.54) is 51.4 Å². The SMILES string of the molecule is CC(C)CCC[C@@H](C)[C@H]1CC[C@H]2[C@@H]3CC=C4C[C@@H](OC(=O)CCC(=O)NCC[N+](C)(C)C)CC[C@]4(C)[C@H]3CC[C@]12C.[I-]. The first kappa shape index (κ1) is 35.8. The van der Waals surface area contributed by atoms with Crippen molar-refractivity contribution in [1.82, 2.24) is 5.32 Å². The van der Waals surface area contributed by atoms with Gasteiger partial charge in [0.15, 0.2) is 0 Å². The van der Waals surface area contributed by atoms with Crippen LogP contribution in [-0.2, 0) is 14.3 Å². The van der Waals surface area contributed by atoms with E-state index in [-0.39, 0.29) is 60.2 Å². The van der Waals surface area contributed by atoms with E-state index < -0.39 is 0 Å². The van der Waals surface area contributed by atoms with Crippen molar-refractivity contribution in [1.29, 1.82) is 0 Å². The average Bonchev–Trinajstić information content (AvgIpc) is 3.24. The number of carbonyl (C=O) groups is 2. The molecule has 6 heteroatoms. The van der Waals surface area contributed by atoms with Gasteiger partial charge in [-0.15, -0.1) is 0 Å². The van der Waals surface area contributed by atoms with Gasteiger partial charge in [0.2, 0.25) is 5.91 Å². The van der Waals surface area contributed by atoms with E-state index in [1.807, 2.05) is 0 Å². The smallest absolute Gasteiger partial charge is 0.306 e. The Bertz CT molecular complexity index is 958. The van der Waals surface area contributed by atoms with Crippen molar-refractivity contribution in [2.24, 2.45) is 46.3 Å². The summed E-state index contributed by atoms with van der Waals surface area (Å²) in [4.78, 5) is 24.8. The summed E-state index contributed by atoms with van der Waals surface area (Å²) >= 11 is 0. The first-order chi connectivity index (χ1) is 19.2. The second-order valence-corrected chi connectivity index (χ2v) is 16.5. The summed E-state index contributed by atoms with van der Waals surface area (Å²) in [5.74, 6) is 4.77. The second kappa shape index (κ2) is 14.6. The summed E-state index contributed by atoms with van der Waals surface area (Å²) < 4.78 is 6.74. The van der Waals surface area contributed by atoms with Gasteiger partial charge in [-0.3, -0.25) is 9.59 Å². The van der Waals surface area contributed by atoms with Gasteiger partial charge in [0, 0.05) is 12.8 Å². The molecule has 0 aromatic rings. The van der Waals surface area contributed by atoms with E-state index in [0.717, 1.165) is 65.8 Å². The van der Waals surface area contributed by atoms with E-state index >= 15 is 0 Å². The third-order valence-electron chi connectivity index (χ3n) is 12.2. The molecule has 42 heavy (non-hydrogen) atoms. The summed E-state index contributed by atoms with van der Waals surface area (Å²) in [5, 5.41) is 2.94. The van der Waals surface area contributed by atoms with Crippen LogP contribution in [0.5, 0.6) is 0 Å². The molecule has 3 saturated carbocycles. The molecule has 0 saturated heterocycles. The lowest BCUT2D eigenvalue weighted by Gasteiger charge is -2.58. The summed E-state index contributed by atoms with van der Waals surface area (Å²) in [6.07, 6.45) is 16.9. The highest BCUT2D eigenvalue weighted by Gasteiger charge is 2.59. The standard InChI is InChI=1S/C36H62N2O3.HI/c1-25(2)10-9-11-26(3)30-14-15-31-29-13-12-27-24-28(18-20-35(27,4)32(29)19-21-36(30,31)5)41-34(40)17-16-33(39)37-22-23-38(6,7)8;/h12,25-26,28-32H,9-11,13-24H2,1-8H3;1H/t26-,28+,29+,30-,31+,32+,35+,36-;/m1./s1. The summed E-state index contributed by atoms with van der Waals surface area (Å²) in [7, 11) is 6.31. The predicted molar refractivity (Wildman–Crippen MR) is 168 cm³/mol. The van der Waals surface area contributed by atoms with Crippen LogP contribution in [-0.4, -0.2) is 56.7 Å². The number of hydrogen-bond donors (Lipinski definition) is 1. The lowest BCUT2D eigenvalue weighted by atomic mass is 9.47. The molecule has 0 spiro atoms. The summed E-state index contributed by atoms with van der Waals surface area (Å²) in [6.45, 7) is 14.0. The highest BCUT2D eigenvalue weighted by Crippen LogP contribution is 2.67. The number of ether oxygens (including phenoxy) is 1. The van der Waals surface area contributed by atoms with E-state index in [0.29, 0.717) is 12.0 Å². The van der Waals surface area contributed by atoms with Crippen molar-refractivity contribution in [3.63, 3.8) is 0 Å². The molecule has 0 unspecified atom stereocenters. The Morgan fingerprint density at radius 2 is 1.74 bits per heavy atom. The van der Waals surface area contributed by atoms with Crippen LogP contribution in [0.4, 0.5) is 0 Å². The van der Waals surface area contributed by atoms with Crippen LogP contribution < -0.4 is 29.3 Å². The maximum atomic E-state index is 12.6. The Morgan fingerprint density at radius 1 is 1.00 bits per heavy atom. The van der Waals surface area contributed by atoms with E-state index in [1.54, 1.807) is 5.57 Å². The number of allylic oxidation sites excluding steroid dienone is 1. The molecule has 1 N–H and O–H groups in total. The first-order valence-electron chi connectivity index (χ1n) is 17.2. The Morgan fingerprint density at radius 3 is 2.43 bits per heavy atom. The number of carbonyl (C=O) groups excluding carboxylic acids is 2. The molecule has 4 aliphatic carbocycles. The van der Waals surface area contributed by atoms with Crippen LogP contribution in [0.2, 0.25) is 0 Å². The van der Waals surface area contributed by atoms with Crippen LogP contribution in [0.15, 0.2) is 11.6 Å². The summed E-state index contributed by atoms with van der Waals surface area (Å²) in [5.41, 5.74) is 2.34. The van der Waals surface area contributed by atoms with E-state index in [9.17, 15) is 9.59 Å². The van der Waals surface area contributed by atoms with Gasteiger partial charge in [-0.2, -0.15) is 0 Å². The fourth-order valence-electron chi connectivity index (χ4n) is 9.83. The third kappa shape index (κ3) is 8.34. The number of halogens is 1. The minimum atomic E-state index is -0.220. The van der Waals surface area contributed by atoms with Crippen LogP contribution in [0.25, 0.3) is 0 Å². The van der Waals surface area contributed by atoms with Gasteiger partial charge in [-0.1, -0.05) is 65.5 Å². The number of rotatable bonds is 12. The Labute approximate surface area is 275 Å². The maximum Gasteiger partial charge on any atom is 0.306 e. The Balaban J connectivity index is 0.00000484. The average molecular weight is 699 g/mol. The highest BCUT2D eigenvalue weighted by molar-refractivity contribution is 5.81. The Hall–Kier alpha value is -0.630. The van der Waals surface area contributed by atoms with Crippen molar-refractivity contribution in [3.8, 4) is 0 Å². The molecule has 0 bridgehead atoms. The molecule has 0 aromatic carbocycles. The number of amides is 1. The second-order valence-electron chi connectivity index (χ2n) is 16.5. The van der Waals surface area contributed by atoms with Gasteiger partial charge in [-0.25, -0.2) is 0 Å². The van der Waals surface area contributed by atoms with Crippen LogP contribution >= 0.6 is 0 Å². The molecule has 0 aliphatic heterocycles. The molecule has 8 atom stereocenters. The lowest BCUT2D eigenvalue weighted by Crippen LogP contribution is -3.00. The van der Waals surface area contributed by atoms with Crippen molar-refractivity contribution >= 4 is 11.9 Å². The normalized spacial score (nSPS) is 34.8. The van der Waals surface area contributed by atoms with Gasteiger partial charge in [0.1, 0.15) is 6.10 Å². The maximum absolute atomic E-state index is 12.6. The number of hydrogen-bond acceptors (Lipinski definition) is 3. The summed E-state index contributed by atoms with van der Waals surface area (Å²) in [6, 6.07) is 0.